The van der Waals surface area contributed by atoms with Crippen LogP contribution >= 0.6 is 22.6 Å². The van der Waals surface area contributed by atoms with Crippen LogP contribution in [0.3, 0.4) is 0 Å². The van der Waals surface area contributed by atoms with E-state index in [0.717, 1.165) is 12.8 Å². The first-order chi connectivity index (χ1) is 5.33. The molecule has 0 unspecified atom stereocenters. The van der Waals surface area contributed by atoms with E-state index in [4.69, 9.17) is 4.74 Å². The Balaban J connectivity index is 2.13. The average molecular weight is 270 g/mol. The summed E-state index contributed by atoms with van der Waals surface area (Å²) < 4.78 is 9.98. The van der Waals surface area contributed by atoms with Gasteiger partial charge < -0.3 is 9.47 Å². The predicted octanol–water partition coefficient (Wildman–Crippen LogP) is 2.47. The second-order valence-corrected chi connectivity index (χ2v) is 3.15. The van der Waals surface area contributed by atoms with Gasteiger partial charge in [0.2, 0.25) is 0 Å². The van der Waals surface area contributed by atoms with Crippen molar-refractivity contribution in [1.82, 2.24) is 0 Å². The molecule has 1 aliphatic carbocycles. The highest BCUT2D eigenvalue weighted by atomic mass is 127. The lowest BCUT2D eigenvalue weighted by Crippen LogP contribution is -2.15. The van der Waals surface area contributed by atoms with Gasteiger partial charge in [-0.25, -0.2) is 4.79 Å². The highest BCUT2D eigenvalue weighted by Crippen LogP contribution is 2.21. The van der Waals surface area contributed by atoms with Crippen molar-refractivity contribution in [2.75, 3.05) is 4.61 Å². The van der Waals surface area contributed by atoms with Crippen LogP contribution in [0.25, 0.3) is 0 Å². The molecule has 64 valence electrons. The molecule has 0 radical (unpaired) electrons. The van der Waals surface area contributed by atoms with Gasteiger partial charge in [-0.3, -0.25) is 0 Å². The summed E-state index contributed by atoms with van der Waals surface area (Å²) in [5, 5.41) is 0. The van der Waals surface area contributed by atoms with Crippen LogP contribution in [0.1, 0.15) is 25.7 Å². The highest BCUT2D eigenvalue weighted by molar-refractivity contribution is 14.1. The number of carbonyl (C=O) groups is 1. The third-order valence-corrected chi connectivity index (χ3v) is 2.05. The number of hydrogen-bond acceptors (Lipinski definition) is 3. The Labute approximate surface area is 79.6 Å². The topological polar surface area (TPSA) is 35.5 Å². The largest absolute Gasteiger partial charge is 0.509 e. The molecule has 0 saturated heterocycles. The van der Waals surface area contributed by atoms with Crippen LogP contribution in [0.5, 0.6) is 0 Å². The maximum Gasteiger partial charge on any atom is 0.509 e. The van der Waals surface area contributed by atoms with Crippen LogP contribution in [0, 0.1) is 0 Å². The Morgan fingerprint density at radius 1 is 1.45 bits per heavy atom. The predicted molar refractivity (Wildman–Crippen MR) is 48.7 cm³/mol. The molecule has 0 atom stereocenters. The van der Waals surface area contributed by atoms with Crippen LogP contribution in [-0.4, -0.2) is 16.9 Å². The molecule has 0 aliphatic heterocycles. The fourth-order valence-electron chi connectivity index (χ4n) is 1.22. The summed E-state index contributed by atoms with van der Waals surface area (Å²) in [7, 11) is 0. The van der Waals surface area contributed by atoms with Gasteiger partial charge in [0.1, 0.15) is 10.7 Å². The van der Waals surface area contributed by atoms with E-state index >= 15 is 0 Å². The zero-order valence-corrected chi connectivity index (χ0v) is 8.37. The van der Waals surface area contributed by atoms with Crippen LogP contribution in [0.15, 0.2) is 0 Å². The summed E-state index contributed by atoms with van der Waals surface area (Å²) in [6, 6.07) is 0. The number of rotatable bonds is 2. The fraction of sp³-hybridized carbons (Fsp3) is 0.857. The molecule has 0 amide bonds. The maximum atomic E-state index is 10.7. The van der Waals surface area contributed by atoms with Crippen molar-refractivity contribution in [3.63, 3.8) is 0 Å². The van der Waals surface area contributed by atoms with Gasteiger partial charge in [-0.1, -0.05) is 0 Å². The van der Waals surface area contributed by atoms with Crippen LogP contribution < -0.4 is 0 Å². The SMILES string of the molecule is O=C(OCI)OC1CCCC1. The lowest BCUT2D eigenvalue weighted by molar-refractivity contribution is 0.0380. The smallest absolute Gasteiger partial charge is 0.431 e. The summed E-state index contributed by atoms with van der Waals surface area (Å²) in [6.07, 6.45) is 3.92. The van der Waals surface area contributed by atoms with Crippen molar-refractivity contribution in [3.05, 3.63) is 0 Å². The molecule has 0 N–H and O–H groups in total. The second-order valence-electron chi connectivity index (χ2n) is 2.53. The monoisotopic (exact) mass is 270 g/mol. The van der Waals surface area contributed by atoms with Crippen LogP contribution in [0.4, 0.5) is 4.79 Å². The van der Waals surface area contributed by atoms with E-state index in [0.29, 0.717) is 4.61 Å². The molecule has 0 bridgehead atoms. The Morgan fingerprint density at radius 2 is 2.09 bits per heavy atom. The van der Waals surface area contributed by atoms with Gasteiger partial charge in [-0.2, -0.15) is 0 Å². The molecule has 1 aliphatic rings. The summed E-state index contributed by atoms with van der Waals surface area (Å²) in [5.41, 5.74) is 0. The summed E-state index contributed by atoms with van der Waals surface area (Å²) in [4.78, 5) is 10.7. The van der Waals surface area contributed by atoms with Gasteiger partial charge in [-0.05, 0) is 48.3 Å². The molecule has 0 aromatic rings. The summed E-state index contributed by atoms with van der Waals surface area (Å²) in [6.45, 7) is 0. The lowest BCUT2D eigenvalue weighted by Gasteiger charge is -2.09. The minimum atomic E-state index is -0.522. The molecule has 1 rings (SSSR count). The lowest BCUT2D eigenvalue weighted by atomic mass is 10.3. The van der Waals surface area contributed by atoms with Gasteiger partial charge in [-0.15, -0.1) is 0 Å². The molecule has 3 nitrogen and oxygen atoms in total. The molecule has 11 heavy (non-hydrogen) atoms. The number of alkyl halides is 1. The van der Waals surface area contributed by atoms with Gasteiger partial charge >= 0.3 is 6.16 Å². The Kier molecular flexibility index (Phi) is 3.96. The van der Waals surface area contributed by atoms with Crippen molar-refractivity contribution < 1.29 is 14.3 Å². The van der Waals surface area contributed by atoms with Gasteiger partial charge in [0.25, 0.3) is 0 Å². The first-order valence-corrected chi connectivity index (χ1v) is 5.25. The summed E-state index contributed by atoms with van der Waals surface area (Å²) >= 11 is 1.97. The van der Waals surface area contributed by atoms with Gasteiger partial charge in [0, 0.05) is 0 Å². The Hall–Kier alpha value is -0.0000000000000000555. The molecule has 0 aromatic heterocycles. The maximum absolute atomic E-state index is 10.7. The first kappa shape index (κ1) is 9.09. The normalized spacial score (nSPS) is 18.3. The molecule has 0 aromatic carbocycles. The van der Waals surface area contributed by atoms with E-state index in [2.05, 4.69) is 4.74 Å². The van der Waals surface area contributed by atoms with Crippen LogP contribution in [-0.2, 0) is 9.47 Å². The van der Waals surface area contributed by atoms with Crippen molar-refractivity contribution in [2.45, 2.75) is 31.8 Å². The minimum Gasteiger partial charge on any atom is -0.431 e. The van der Waals surface area contributed by atoms with E-state index < -0.39 is 6.16 Å². The van der Waals surface area contributed by atoms with E-state index in [1.807, 2.05) is 22.6 Å². The highest BCUT2D eigenvalue weighted by Gasteiger charge is 2.19. The summed E-state index contributed by atoms with van der Waals surface area (Å²) in [5.74, 6) is 0. The van der Waals surface area contributed by atoms with Gasteiger partial charge in [0.15, 0.2) is 0 Å². The zero-order valence-electron chi connectivity index (χ0n) is 6.22. The standard InChI is InChI=1S/C7H11IO3/c8-5-10-7(9)11-6-3-1-2-4-6/h6H,1-5H2. The van der Waals surface area contributed by atoms with Gasteiger partial charge in [0.05, 0.1) is 0 Å². The van der Waals surface area contributed by atoms with Crippen LogP contribution in [0.2, 0.25) is 0 Å². The van der Waals surface area contributed by atoms with Crippen molar-refractivity contribution in [3.8, 4) is 0 Å². The minimum absolute atomic E-state index is 0.116. The van der Waals surface area contributed by atoms with E-state index in [1.54, 1.807) is 0 Å². The number of carbonyl (C=O) groups excluding carboxylic acids is 1. The Bertz CT molecular complexity index is 132. The molecular formula is C7H11IO3. The first-order valence-electron chi connectivity index (χ1n) is 3.72. The molecule has 0 spiro atoms. The van der Waals surface area contributed by atoms with E-state index in [9.17, 15) is 4.79 Å². The molecule has 1 saturated carbocycles. The van der Waals surface area contributed by atoms with E-state index in [1.165, 1.54) is 12.8 Å². The third-order valence-electron chi connectivity index (χ3n) is 1.74. The fourth-order valence-corrected chi connectivity index (χ4v) is 1.48. The van der Waals surface area contributed by atoms with Crippen molar-refractivity contribution in [1.29, 1.82) is 0 Å². The average Bonchev–Trinajstić information content (AvgIpc) is 2.40. The second kappa shape index (κ2) is 4.79. The molecule has 4 heteroatoms. The quantitative estimate of drug-likeness (QED) is 0.439. The Morgan fingerprint density at radius 3 is 2.64 bits per heavy atom. The molecule has 0 heterocycles. The third kappa shape index (κ3) is 3.27. The number of halogens is 1. The molecule has 1 fully saturated rings. The van der Waals surface area contributed by atoms with Crippen molar-refractivity contribution >= 4 is 28.7 Å². The molecular weight excluding hydrogens is 259 g/mol. The number of hydrogen-bond donors (Lipinski definition) is 0. The van der Waals surface area contributed by atoms with Crippen molar-refractivity contribution in [2.24, 2.45) is 0 Å². The number of ether oxygens (including phenoxy) is 2. The van der Waals surface area contributed by atoms with E-state index in [-0.39, 0.29) is 6.10 Å². The zero-order chi connectivity index (χ0) is 8.10.